The number of carbonyl (C=O) groups is 1. The Labute approximate surface area is 177 Å². The van der Waals surface area contributed by atoms with E-state index in [9.17, 15) is 22.4 Å². The Hall–Kier alpha value is -2.98. The molecule has 12 heteroatoms. The molecule has 1 amide bonds. The van der Waals surface area contributed by atoms with Gasteiger partial charge < -0.3 is 10.6 Å². The second-order valence-electron chi connectivity index (χ2n) is 5.87. The zero-order chi connectivity index (χ0) is 21.9. The van der Waals surface area contributed by atoms with Crippen molar-refractivity contribution >= 4 is 40.7 Å². The minimum Gasteiger partial charge on any atom is -0.348 e. The Morgan fingerprint density at radius 1 is 1.10 bits per heavy atom. The first-order valence-electron chi connectivity index (χ1n) is 8.18. The van der Waals surface area contributed by atoms with Crippen LogP contribution in [0.15, 0.2) is 42.7 Å². The van der Waals surface area contributed by atoms with Gasteiger partial charge in [-0.3, -0.25) is 4.79 Å². The summed E-state index contributed by atoms with van der Waals surface area (Å²) in [5.41, 5.74) is -1.68. The Bertz CT molecular complexity index is 1090. The minimum atomic E-state index is -4.93. The van der Waals surface area contributed by atoms with E-state index in [0.717, 1.165) is 12.3 Å². The van der Waals surface area contributed by atoms with Crippen LogP contribution in [0.5, 0.6) is 0 Å². The number of amides is 1. The average Bonchev–Trinajstić information content (AvgIpc) is 2.67. The maximum Gasteiger partial charge on any atom is 0.434 e. The molecule has 2 aromatic heterocycles. The van der Waals surface area contributed by atoms with Crippen molar-refractivity contribution in [2.45, 2.75) is 12.7 Å². The fraction of sp³-hybridized carbons (Fsp3) is 0.111. The van der Waals surface area contributed by atoms with Crippen molar-refractivity contribution in [3.8, 4) is 0 Å². The summed E-state index contributed by atoms with van der Waals surface area (Å²) in [6.45, 7) is -0.212. The fourth-order valence-corrected chi connectivity index (χ4v) is 2.82. The molecule has 0 fully saturated rings. The number of halogens is 6. The lowest BCUT2D eigenvalue weighted by Gasteiger charge is -2.14. The molecule has 0 spiro atoms. The highest BCUT2D eigenvalue weighted by Crippen LogP contribution is 2.32. The van der Waals surface area contributed by atoms with Crippen LogP contribution in [0.4, 0.5) is 29.2 Å². The van der Waals surface area contributed by atoms with Gasteiger partial charge >= 0.3 is 6.18 Å². The summed E-state index contributed by atoms with van der Waals surface area (Å²) >= 11 is 11.8. The van der Waals surface area contributed by atoms with E-state index in [-0.39, 0.29) is 17.3 Å². The van der Waals surface area contributed by atoms with Crippen molar-refractivity contribution in [3.05, 3.63) is 75.5 Å². The number of aromatic nitrogens is 3. The molecule has 0 atom stereocenters. The van der Waals surface area contributed by atoms with Gasteiger partial charge in [0.2, 0.25) is 11.9 Å². The third-order valence-electron chi connectivity index (χ3n) is 3.72. The van der Waals surface area contributed by atoms with Gasteiger partial charge in [-0.2, -0.15) is 17.6 Å². The highest BCUT2D eigenvalue weighted by atomic mass is 35.5. The number of alkyl halides is 3. The number of hydrogen-bond donors (Lipinski definition) is 2. The molecule has 3 aromatic rings. The largest absolute Gasteiger partial charge is 0.434 e. The molecule has 0 radical (unpaired) electrons. The molecule has 0 bridgehead atoms. The number of carbonyl (C=O) groups excluding carboxylic acids is 1. The van der Waals surface area contributed by atoms with Crippen LogP contribution in [0.3, 0.4) is 0 Å². The van der Waals surface area contributed by atoms with E-state index in [2.05, 4.69) is 25.6 Å². The highest BCUT2D eigenvalue weighted by Gasteiger charge is 2.38. The lowest BCUT2D eigenvalue weighted by atomic mass is 10.2. The second kappa shape index (κ2) is 8.80. The van der Waals surface area contributed by atoms with Crippen LogP contribution in [0.25, 0.3) is 0 Å². The quantitative estimate of drug-likeness (QED) is 0.414. The summed E-state index contributed by atoms with van der Waals surface area (Å²) in [6.07, 6.45) is -3.02. The van der Waals surface area contributed by atoms with E-state index in [4.69, 9.17) is 23.2 Å². The molecule has 0 saturated carbocycles. The van der Waals surface area contributed by atoms with Gasteiger partial charge in [0.15, 0.2) is 5.69 Å². The van der Waals surface area contributed by atoms with E-state index in [1.165, 1.54) is 30.5 Å². The molecular formula is C18H11Cl2F4N5O. The monoisotopic (exact) mass is 459 g/mol. The zero-order valence-corrected chi connectivity index (χ0v) is 16.3. The molecule has 0 unspecified atom stereocenters. The Balaban J connectivity index is 1.84. The molecule has 2 heterocycles. The summed E-state index contributed by atoms with van der Waals surface area (Å²) in [5.74, 6) is -2.27. The second-order valence-corrected chi connectivity index (χ2v) is 6.72. The SMILES string of the molecule is O=C(NCc1ccnc(F)c1)c1cnc(Nc2ccc(Cl)cc2Cl)nc1C(F)(F)F. The number of pyridine rings is 1. The fourth-order valence-electron chi connectivity index (χ4n) is 2.37. The molecule has 0 saturated heterocycles. The molecule has 0 aliphatic rings. The molecule has 0 aliphatic heterocycles. The Morgan fingerprint density at radius 2 is 1.87 bits per heavy atom. The molecule has 3 rings (SSSR count). The molecule has 156 valence electrons. The predicted octanol–water partition coefficient (Wildman–Crippen LogP) is 5.01. The maximum absolute atomic E-state index is 13.5. The maximum atomic E-state index is 13.5. The van der Waals surface area contributed by atoms with Crippen molar-refractivity contribution < 1.29 is 22.4 Å². The number of benzene rings is 1. The normalized spacial score (nSPS) is 11.3. The van der Waals surface area contributed by atoms with Crippen LogP contribution in [0, 0.1) is 5.95 Å². The lowest BCUT2D eigenvalue weighted by molar-refractivity contribution is -0.141. The first-order valence-corrected chi connectivity index (χ1v) is 8.94. The summed E-state index contributed by atoms with van der Waals surface area (Å²) in [7, 11) is 0. The molecule has 2 N–H and O–H groups in total. The molecule has 6 nitrogen and oxygen atoms in total. The minimum absolute atomic E-state index is 0.145. The van der Waals surface area contributed by atoms with E-state index >= 15 is 0 Å². The lowest BCUT2D eigenvalue weighted by Crippen LogP contribution is -2.27. The first-order chi connectivity index (χ1) is 14.1. The molecule has 1 aromatic carbocycles. The number of nitrogens with zero attached hydrogens (tertiary/aromatic N) is 3. The topological polar surface area (TPSA) is 79.8 Å². The number of nitrogens with one attached hydrogen (secondary N) is 2. The highest BCUT2D eigenvalue weighted by molar-refractivity contribution is 6.36. The van der Waals surface area contributed by atoms with Crippen molar-refractivity contribution in [3.63, 3.8) is 0 Å². The summed E-state index contributed by atoms with van der Waals surface area (Å²) in [4.78, 5) is 22.8. The van der Waals surface area contributed by atoms with Gasteiger partial charge in [0, 0.05) is 24.0 Å². The number of rotatable bonds is 5. The van der Waals surface area contributed by atoms with Crippen molar-refractivity contribution in [1.29, 1.82) is 0 Å². The van der Waals surface area contributed by atoms with Gasteiger partial charge in [-0.15, -0.1) is 0 Å². The van der Waals surface area contributed by atoms with Gasteiger partial charge in [0.05, 0.1) is 16.3 Å². The molecule has 30 heavy (non-hydrogen) atoms. The third-order valence-corrected chi connectivity index (χ3v) is 4.27. The van der Waals surface area contributed by atoms with Crippen LogP contribution >= 0.6 is 23.2 Å². The number of anilines is 2. The first kappa shape index (κ1) is 21.7. The van der Waals surface area contributed by atoms with Gasteiger partial charge in [0.1, 0.15) is 0 Å². The standard InChI is InChI=1S/C18H11Cl2F4N5O/c19-10-1-2-13(12(20)6-10)28-17-27-8-11(15(29-17)18(22,23)24)16(30)26-7-9-3-4-25-14(21)5-9/h1-6,8H,7H2,(H,26,30)(H,27,28,29). The van der Waals surface area contributed by atoms with Crippen LogP contribution in [0.1, 0.15) is 21.6 Å². The zero-order valence-electron chi connectivity index (χ0n) is 14.8. The summed E-state index contributed by atoms with van der Waals surface area (Å²) in [5, 5.41) is 5.30. The summed E-state index contributed by atoms with van der Waals surface area (Å²) < 4.78 is 53.5. The van der Waals surface area contributed by atoms with Crippen molar-refractivity contribution in [1.82, 2.24) is 20.3 Å². The Morgan fingerprint density at radius 3 is 2.53 bits per heavy atom. The average molecular weight is 460 g/mol. The van der Waals surface area contributed by atoms with Gasteiger partial charge in [-0.05, 0) is 35.9 Å². The van der Waals surface area contributed by atoms with E-state index < -0.39 is 35.2 Å². The number of hydrogen-bond acceptors (Lipinski definition) is 5. The molecule has 0 aliphatic carbocycles. The van der Waals surface area contributed by atoms with E-state index in [1.54, 1.807) is 0 Å². The smallest absolute Gasteiger partial charge is 0.348 e. The Kier molecular flexibility index (Phi) is 6.37. The van der Waals surface area contributed by atoms with Crippen LogP contribution in [-0.4, -0.2) is 20.9 Å². The predicted molar refractivity (Wildman–Crippen MR) is 102 cm³/mol. The van der Waals surface area contributed by atoms with Crippen LogP contribution in [0.2, 0.25) is 10.0 Å². The van der Waals surface area contributed by atoms with Crippen LogP contribution < -0.4 is 10.6 Å². The van der Waals surface area contributed by atoms with Crippen molar-refractivity contribution in [2.75, 3.05) is 5.32 Å². The van der Waals surface area contributed by atoms with Crippen molar-refractivity contribution in [2.24, 2.45) is 0 Å². The van der Waals surface area contributed by atoms with Crippen LogP contribution in [-0.2, 0) is 12.7 Å². The van der Waals surface area contributed by atoms with Gasteiger partial charge in [0.25, 0.3) is 5.91 Å². The van der Waals surface area contributed by atoms with E-state index in [0.29, 0.717) is 10.6 Å². The van der Waals surface area contributed by atoms with E-state index in [1.807, 2.05) is 0 Å². The molecular weight excluding hydrogens is 449 g/mol. The third kappa shape index (κ3) is 5.33. The van der Waals surface area contributed by atoms with Gasteiger partial charge in [-0.1, -0.05) is 23.2 Å². The van der Waals surface area contributed by atoms with Gasteiger partial charge in [-0.25, -0.2) is 15.0 Å². The summed E-state index contributed by atoms with van der Waals surface area (Å²) in [6, 6.07) is 6.76.